The van der Waals surface area contributed by atoms with Gasteiger partial charge in [0.15, 0.2) is 0 Å². The lowest BCUT2D eigenvalue weighted by atomic mass is 10.1. The Hall–Kier alpha value is -2.99. The first-order valence-electron chi connectivity index (χ1n) is 9.78. The number of nitrogens with zero attached hydrogens (tertiary/aromatic N) is 2. The minimum atomic E-state index is -0.0823. The van der Waals surface area contributed by atoms with E-state index in [1.54, 1.807) is 11.3 Å². The van der Waals surface area contributed by atoms with Crippen LogP contribution >= 0.6 is 11.3 Å². The van der Waals surface area contributed by atoms with E-state index in [-0.39, 0.29) is 17.5 Å². The van der Waals surface area contributed by atoms with Crippen LogP contribution < -0.4 is 10.9 Å². The zero-order valence-electron chi connectivity index (χ0n) is 16.5. The van der Waals surface area contributed by atoms with Gasteiger partial charge in [-0.2, -0.15) is 5.10 Å². The zero-order chi connectivity index (χ0) is 20.4. The molecule has 2 aromatic carbocycles. The Bertz CT molecular complexity index is 1230. The molecule has 1 amide bonds. The number of aromatic nitrogens is 2. The second-order valence-corrected chi connectivity index (χ2v) is 8.27. The molecule has 0 saturated heterocycles. The maximum Gasteiger partial charge on any atom is 0.276 e. The van der Waals surface area contributed by atoms with Gasteiger partial charge in [-0.3, -0.25) is 9.59 Å². The van der Waals surface area contributed by atoms with E-state index >= 15 is 0 Å². The van der Waals surface area contributed by atoms with E-state index < -0.39 is 0 Å². The molecule has 0 spiro atoms. The number of hydrogen-bond acceptors (Lipinski definition) is 4. The van der Waals surface area contributed by atoms with E-state index in [2.05, 4.69) is 10.4 Å². The lowest BCUT2D eigenvalue weighted by Crippen LogP contribution is -2.28. The van der Waals surface area contributed by atoms with Gasteiger partial charge >= 0.3 is 0 Å². The van der Waals surface area contributed by atoms with E-state index in [0.717, 1.165) is 31.4 Å². The van der Waals surface area contributed by atoms with Gasteiger partial charge in [0, 0.05) is 23.1 Å². The fraction of sp³-hybridized carbons (Fsp3) is 0.261. The molecule has 0 bridgehead atoms. The highest BCUT2D eigenvalue weighted by atomic mass is 32.1. The van der Waals surface area contributed by atoms with Crippen LogP contribution in [0.5, 0.6) is 0 Å². The third-order valence-corrected chi connectivity index (χ3v) is 6.37. The van der Waals surface area contributed by atoms with Crippen molar-refractivity contribution in [3.63, 3.8) is 0 Å². The first kappa shape index (κ1) is 19.3. The normalized spacial score (nSPS) is 12.3. The number of carbonyl (C=O) groups is 1. The summed E-state index contributed by atoms with van der Waals surface area (Å²) in [5.74, 6) is -0.0202. The van der Waals surface area contributed by atoms with Gasteiger partial charge in [-0.05, 0) is 31.9 Å². The van der Waals surface area contributed by atoms with Crippen molar-refractivity contribution in [2.24, 2.45) is 0 Å². The SMILES string of the molecule is Cc1nn(CCCC(=O)NC(C)c2ccccc2)c(=O)c2c1sc1ccccc12. The Morgan fingerprint density at radius 1 is 1.14 bits per heavy atom. The highest BCUT2D eigenvalue weighted by Crippen LogP contribution is 2.32. The van der Waals surface area contributed by atoms with Crippen molar-refractivity contribution in [3.05, 3.63) is 76.2 Å². The lowest BCUT2D eigenvalue weighted by Gasteiger charge is -2.14. The van der Waals surface area contributed by atoms with Crippen molar-refractivity contribution < 1.29 is 4.79 Å². The summed E-state index contributed by atoms with van der Waals surface area (Å²) in [7, 11) is 0. The standard InChI is InChI=1S/C23H23N3O2S/c1-15(17-9-4-3-5-10-17)24-20(27)13-8-14-26-23(28)21-18-11-6-7-12-19(18)29-22(21)16(2)25-26/h3-7,9-12,15H,8,13-14H2,1-2H3,(H,24,27). The van der Waals surface area contributed by atoms with Crippen LogP contribution in [-0.4, -0.2) is 15.7 Å². The molecule has 29 heavy (non-hydrogen) atoms. The van der Waals surface area contributed by atoms with Crippen molar-refractivity contribution in [1.82, 2.24) is 15.1 Å². The molecule has 6 heteroatoms. The average Bonchev–Trinajstić information content (AvgIpc) is 3.13. The quantitative estimate of drug-likeness (QED) is 0.511. The van der Waals surface area contributed by atoms with Crippen LogP contribution in [-0.2, 0) is 11.3 Å². The first-order chi connectivity index (χ1) is 14.0. The highest BCUT2D eigenvalue weighted by molar-refractivity contribution is 7.26. The van der Waals surface area contributed by atoms with Crippen molar-refractivity contribution in [2.75, 3.05) is 0 Å². The minimum Gasteiger partial charge on any atom is -0.350 e. The predicted octanol–water partition coefficient (Wildman–Crippen LogP) is 4.58. The summed E-state index contributed by atoms with van der Waals surface area (Å²) in [5, 5.41) is 9.21. The third-order valence-electron chi connectivity index (χ3n) is 5.09. The Balaban J connectivity index is 1.46. The number of nitrogens with one attached hydrogen (secondary N) is 1. The van der Waals surface area contributed by atoms with Gasteiger partial charge in [0.2, 0.25) is 5.91 Å². The maximum absolute atomic E-state index is 13.0. The lowest BCUT2D eigenvalue weighted by molar-refractivity contribution is -0.121. The molecule has 1 N–H and O–H groups in total. The summed E-state index contributed by atoms with van der Waals surface area (Å²) >= 11 is 1.60. The molecular weight excluding hydrogens is 382 g/mol. The van der Waals surface area contributed by atoms with E-state index in [1.165, 1.54) is 4.68 Å². The fourth-order valence-electron chi connectivity index (χ4n) is 3.59. The van der Waals surface area contributed by atoms with Crippen molar-refractivity contribution in [3.8, 4) is 0 Å². The number of carbonyl (C=O) groups excluding carboxylic acids is 1. The highest BCUT2D eigenvalue weighted by Gasteiger charge is 2.15. The zero-order valence-corrected chi connectivity index (χ0v) is 17.3. The molecule has 0 aliphatic rings. The number of amides is 1. The molecule has 0 saturated carbocycles. The first-order valence-corrected chi connectivity index (χ1v) is 10.6. The number of thiophene rings is 1. The van der Waals surface area contributed by atoms with E-state index in [9.17, 15) is 9.59 Å². The van der Waals surface area contributed by atoms with Crippen molar-refractivity contribution in [2.45, 2.75) is 39.3 Å². The summed E-state index contributed by atoms with van der Waals surface area (Å²) < 4.78 is 3.54. The molecule has 4 aromatic rings. The van der Waals surface area contributed by atoms with Crippen LogP contribution in [0.1, 0.15) is 37.1 Å². The van der Waals surface area contributed by atoms with Gasteiger partial charge < -0.3 is 5.32 Å². The second kappa shape index (κ2) is 8.17. The molecule has 148 valence electrons. The van der Waals surface area contributed by atoms with Crippen LogP contribution in [0.25, 0.3) is 20.2 Å². The average molecular weight is 406 g/mol. The summed E-state index contributed by atoms with van der Waals surface area (Å²) in [5.41, 5.74) is 1.84. The van der Waals surface area contributed by atoms with E-state index in [4.69, 9.17) is 0 Å². The molecule has 1 unspecified atom stereocenters. The number of fused-ring (bicyclic) bond motifs is 3. The molecule has 5 nitrogen and oxygen atoms in total. The number of rotatable bonds is 6. The maximum atomic E-state index is 13.0. The van der Waals surface area contributed by atoms with E-state index in [0.29, 0.717) is 19.4 Å². The Morgan fingerprint density at radius 2 is 1.86 bits per heavy atom. The molecular formula is C23H23N3O2S. The smallest absolute Gasteiger partial charge is 0.276 e. The van der Waals surface area contributed by atoms with Gasteiger partial charge in [-0.25, -0.2) is 4.68 Å². The van der Waals surface area contributed by atoms with Crippen LogP contribution in [0.15, 0.2) is 59.4 Å². The Kier molecular flexibility index (Phi) is 5.45. The molecule has 2 aromatic heterocycles. The van der Waals surface area contributed by atoms with Gasteiger partial charge in [0.25, 0.3) is 5.56 Å². The summed E-state index contributed by atoms with van der Waals surface area (Å²) in [6.07, 6.45) is 0.917. The Morgan fingerprint density at radius 3 is 2.66 bits per heavy atom. The van der Waals surface area contributed by atoms with Crippen LogP contribution in [0.2, 0.25) is 0 Å². The number of hydrogen-bond donors (Lipinski definition) is 1. The van der Waals surface area contributed by atoms with Crippen LogP contribution in [0.3, 0.4) is 0 Å². The van der Waals surface area contributed by atoms with Gasteiger partial charge in [-0.1, -0.05) is 48.5 Å². The molecule has 0 aliphatic heterocycles. The molecule has 2 heterocycles. The Labute approximate surface area is 173 Å². The molecule has 1 atom stereocenters. The van der Waals surface area contributed by atoms with E-state index in [1.807, 2.05) is 68.4 Å². The summed E-state index contributed by atoms with van der Waals surface area (Å²) in [6.45, 7) is 4.33. The third kappa shape index (κ3) is 3.93. The van der Waals surface area contributed by atoms with Crippen molar-refractivity contribution in [1.29, 1.82) is 0 Å². The fourth-order valence-corrected chi connectivity index (χ4v) is 4.73. The second-order valence-electron chi connectivity index (χ2n) is 7.22. The van der Waals surface area contributed by atoms with Gasteiger partial charge in [0.1, 0.15) is 0 Å². The largest absolute Gasteiger partial charge is 0.350 e. The number of benzene rings is 2. The topological polar surface area (TPSA) is 64.0 Å². The minimum absolute atomic E-state index is 0.0202. The summed E-state index contributed by atoms with van der Waals surface area (Å²) in [4.78, 5) is 25.3. The number of aryl methyl sites for hydroxylation is 2. The summed E-state index contributed by atoms with van der Waals surface area (Å²) in [6, 6.07) is 17.8. The molecule has 0 aliphatic carbocycles. The monoisotopic (exact) mass is 405 g/mol. The molecule has 0 radical (unpaired) electrons. The van der Waals surface area contributed by atoms with Crippen LogP contribution in [0, 0.1) is 6.92 Å². The van der Waals surface area contributed by atoms with Crippen LogP contribution in [0.4, 0.5) is 0 Å². The van der Waals surface area contributed by atoms with Gasteiger partial charge in [-0.15, -0.1) is 11.3 Å². The van der Waals surface area contributed by atoms with Gasteiger partial charge in [0.05, 0.1) is 21.8 Å². The molecule has 0 fully saturated rings. The van der Waals surface area contributed by atoms with Crippen molar-refractivity contribution >= 4 is 37.4 Å². The predicted molar refractivity (Wildman–Crippen MR) is 118 cm³/mol. The molecule has 4 rings (SSSR count).